The van der Waals surface area contributed by atoms with Gasteiger partial charge >= 0.3 is 12.1 Å². The van der Waals surface area contributed by atoms with E-state index in [-0.39, 0.29) is 0 Å². The first-order valence-corrected chi connectivity index (χ1v) is 5.96. The van der Waals surface area contributed by atoms with Crippen molar-refractivity contribution in [2.75, 3.05) is 0 Å². The van der Waals surface area contributed by atoms with Gasteiger partial charge in [0.1, 0.15) is 0 Å². The van der Waals surface area contributed by atoms with E-state index in [2.05, 4.69) is 0 Å². The molecule has 4 nitrogen and oxygen atoms in total. The van der Waals surface area contributed by atoms with Crippen molar-refractivity contribution < 1.29 is 23.1 Å². The van der Waals surface area contributed by atoms with E-state index in [1.807, 2.05) is 12.1 Å². The van der Waals surface area contributed by atoms with Crippen LogP contribution in [0.3, 0.4) is 0 Å². The van der Waals surface area contributed by atoms with Crippen molar-refractivity contribution in [3.63, 3.8) is 0 Å². The SMILES string of the molecule is N#CC1C(c2ccc(C(F)(F)F)cc2)C1(C#N)CC(=O)O. The standard InChI is InChI=1S/C14H9F3N2O2/c15-14(16,17)9-3-1-8(2-4-9)12-10(6-18)13(12,7-19)5-11(20)21/h1-4,10,12H,5H2,(H,20,21). The Morgan fingerprint density at radius 1 is 1.29 bits per heavy atom. The summed E-state index contributed by atoms with van der Waals surface area (Å²) < 4.78 is 37.5. The summed E-state index contributed by atoms with van der Waals surface area (Å²) in [5, 5.41) is 27.0. The highest BCUT2D eigenvalue weighted by molar-refractivity contribution is 5.71. The summed E-state index contributed by atoms with van der Waals surface area (Å²) in [6.45, 7) is 0. The van der Waals surface area contributed by atoms with Crippen molar-refractivity contribution >= 4 is 5.97 Å². The van der Waals surface area contributed by atoms with Gasteiger partial charge in [-0.2, -0.15) is 23.7 Å². The highest BCUT2D eigenvalue weighted by Crippen LogP contribution is 2.66. The lowest BCUT2D eigenvalue weighted by Gasteiger charge is -2.08. The number of benzene rings is 1. The van der Waals surface area contributed by atoms with Crippen LogP contribution in [0.4, 0.5) is 13.2 Å². The van der Waals surface area contributed by atoms with Gasteiger partial charge in [-0.15, -0.1) is 0 Å². The van der Waals surface area contributed by atoms with E-state index in [0.717, 1.165) is 12.1 Å². The minimum atomic E-state index is -4.47. The monoisotopic (exact) mass is 294 g/mol. The number of hydrogen-bond acceptors (Lipinski definition) is 3. The molecule has 1 aliphatic rings. The first-order chi connectivity index (χ1) is 9.76. The van der Waals surface area contributed by atoms with Crippen LogP contribution in [-0.2, 0) is 11.0 Å². The third-order valence-electron chi connectivity index (χ3n) is 3.72. The highest BCUT2D eigenvalue weighted by atomic mass is 19.4. The quantitative estimate of drug-likeness (QED) is 0.928. The maximum absolute atomic E-state index is 12.5. The second-order valence-electron chi connectivity index (χ2n) is 4.93. The molecule has 0 saturated heterocycles. The number of nitriles is 2. The normalized spacial score (nSPS) is 27.5. The summed E-state index contributed by atoms with van der Waals surface area (Å²) in [6, 6.07) is 7.84. The second-order valence-corrected chi connectivity index (χ2v) is 4.93. The van der Waals surface area contributed by atoms with Crippen LogP contribution in [0.2, 0.25) is 0 Å². The first-order valence-electron chi connectivity index (χ1n) is 5.96. The Hall–Kier alpha value is -2.54. The van der Waals surface area contributed by atoms with E-state index in [4.69, 9.17) is 10.4 Å². The van der Waals surface area contributed by atoms with Gasteiger partial charge in [0, 0.05) is 5.92 Å². The molecule has 1 aromatic carbocycles. The molecule has 2 rings (SSSR count). The third kappa shape index (κ3) is 2.43. The molecule has 1 saturated carbocycles. The fourth-order valence-electron chi connectivity index (χ4n) is 2.65. The van der Waals surface area contributed by atoms with Crippen LogP contribution in [0.25, 0.3) is 0 Å². The summed E-state index contributed by atoms with van der Waals surface area (Å²) in [5.74, 6) is -2.72. The lowest BCUT2D eigenvalue weighted by atomic mass is 9.96. The molecule has 21 heavy (non-hydrogen) atoms. The topological polar surface area (TPSA) is 84.9 Å². The van der Waals surface area contributed by atoms with E-state index in [9.17, 15) is 23.2 Å². The molecule has 7 heteroatoms. The lowest BCUT2D eigenvalue weighted by Crippen LogP contribution is -2.10. The summed E-state index contributed by atoms with van der Waals surface area (Å²) in [7, 11) is 0. The Labute approximate surface area is 118 Å². The average molecular weight is 294 g/mol. The van der Waals surface area contributed by atoms with E-state index in [1.165, 1.54) is 12.1 Å². The molecule has 108 valence electrons. The lowest BCUT2D eigenvalue weighted by molar-refractivity contribution is -0.138. The van der Waals surface area contributed by atoms with Crippen molar-refractivity contribution in [3.8, 4) is 12.1 Å². The van der Waals surface area contributed by atoms with Crippen LogP contribution < -0.4 is 0 Å². The van der Waals surface area contributed by atoms with Crippen LogP contribution in [0.1, 0.15) is 23.5 Å². The van der Waals surface area contributed by atoms with Gasteiger partial charge in [-0.1, -0.05) is 12.1 Å². The molecule has 0 radical (unpaired) electrons. The number of halogens is 3. The Balaban J connectivity index is 2.33. The van der Waals surface area contributed by atoms with E-state index in [1.54, 1.807) is 0 Å². The van der Waals surface area contributed by atoms with E-state index >= 15 is 0 Å². The predicted octanol–water partition coefficient (Wildman–Crippen LogP) is 2.93. The van der Waals surface area contributed by atoms with Crippen LogP contribution in [0.15, 0.2) is 24.3 Å². The van der Waals surface area contributed by atoms with Crippen LogP contribution in [0.5, 0.6) is 0 Å². The number of aliphatic carboxylic acids is 1. The number of carboxylic acids is 1. The van der Waals surface area contributed by atoms with Gasteiger partial charge in [-0.05, 0) is 17.7 Å². The zero-order valence-corrected chi connectivity index (χ0v) is 10.6. The fourth-order valence-corrected chi connectivity index (χ4v) is 2.65. The average Bonchev–Trinajstić information content (AvgIpc) is 3.04. The zero-order chi connectivity index (χ0) is 15.8. The minimum Gasteiger partial charge on any atom is -0.481 e. The summed E-state index contributed by atoms with van der Waals surface area (Å²) in [5.41, 5.74) is -1.82. The van der Waals surface area contributed by atoms with Crippen LogP contribution in [0, 0.1) is 34.0 Å². The first kappa shape index (κ1) is 14.9. The van der Waals surface area contributed by atoms with Crippen LogP contribution >= 0.6 is 0 Å². The molecule has 3 unspecified atom stereocenters. The molecule has 1 aromatic rings. The van der Waals surface area contributed by atoms with Gasteiger partial charge in [-0.3, -0.25) is 4.79 Å². The molecule has 0 aromatic heterocycles. The molecule has 3 atom stereocenters. The number of nitrogens with zero attached hydrogens (tertiary/aromatic N) is 2. The number of hydrogen-bond donors (Lipinski definition) is 1. The maximum atomic E-state index is 12.5. The molecular weight excluding hydrogens is 285 g/mol. The summed E-state index contributed by atoms with van der Waals surface area (Å²) in [6.07, 6.45) is -4.97. The van der Waals surface area contributed by atoms with Crippen molar-refractivity contribution in [1.29, 1.82) is 10.5 Å². The fraction of sp³-hybridized carbons (Fsp3) is 0.357. The van der Waals surface area contributed by atoms with Crippen molar-refractivity contribution in [2.24, 2.45) is 11.3 Å². The summed E-state index contributed by atoms with van der Waals surface area (Å²) >= 11 is 0. The Morgan fingerprint density at radius 3 is 2.24 bits per heavy atom. The Bertz CT molecular complexity index is 655. The van der Waals surface area contributed by atoms with Gasteiger partial charge in [0.2, 0.25) is 0 Å². The van der Waals surface area contributed by atoms with Crippen molar-refractivity contribution in [1.82, 2.24) is 0 Å². The van der Waals surface area contributed by atoms with Crippen molar-refractivity contribution in [3.05, 3.63) is 35.4 Å². The maximum Gasteiger partial charge on any atom is 0.416 e. The Kier molecular flexibility index (Phi) is 3.38. The van der Waals surface area contributed by atoms with Gasteiger partial charge in [-0.25, -0.2) is 0 Å². The number of carboxylic acid groups (broad SMARTS) is 1. The number of alkyl halides is 3. The Morgan fingerprint density at radius 2 is 1.86 bits per heavy atom. The number of rotatable bonds is 3. The summed E-state index contributed by atoms with van der Waals surface area (Å²) in [4.78, 5) is 10.8. The van der Waals surface area contributed by atoms with E-state index < -0.39 is 41.4 Å². The molecule has 1 N–H and O–H groups in total. The molecule has 0 bridgehead atoms. The van der Waals surface area contributed by atoms with Gasteiger partial charge < -0.3 is 5.11 Å². The highest BCUT2D eigenvalue weighted by Gasteiger charge is 2.67. The molecule has 0 aliphatic heterocycles. The largest absolute Gasteiger partial charge is 0.481 e. The number of carbonyl (C=O) groups is 1. The molecule has 0 amide bonds. The van der Waals surface area contributed by atoms with Gasteiger partial charge in [0.05, 0.1) is 35.5 Å². The second kappa shape index (κ2) is 4.78. The minimum absolute atomic E-state index is 0.373. The van der Waals surface area contributed by atoms with Crippen LogP contribution in [-0.4, -0.2) is 11.1 Å². The van der Waals surface area contributed by atoms with Gasteiger partial charge in [0.25, 0.3) is 0 Å². The third-order valence-corrected chi connectivity index (χ3v) is 3.72. The molecule has 0 spiro atoms. The smallest absolute Gasteiger partial charge is 0.416 e. The molecular formula is C14H9F3N2O2. The van der Waals surface area contributed by atoms with Crippen molar-refractivity contribution in [2.45, 2.75) is 18.5 Å². The molecule has 1 fully saturated rings. The van der Waals surface area contributed by atoms with E-state index in [0.29, 0.717) is 5.56 Å². The molecule has 0 heterocycles. The molecule has 1 aliphatic carbocycles. The predicted molar refractivity (Wildman–Crippen MR) is 63.6 cm³/mol. The van der Waals surface area contributed by atoms with Gasteiger partial charge in [0.15, 0.2) is 0 Å². The zero-order valence-electron chi connectivity index (χ0n) is 10.6.